The third-order valence-electron chi connectivity index (χ3n) is 2.58. The highest BCUT2D eigenvalue weighted by atomic mass is 16.5. The minimum atomic E-state index is 0.340. The van der Waals surface area contributed by atoms with Crippen molar-refractivity contribution < 1.29 is 9.47 Å². The van der Waals surface area contributed by atoms with Gasteiger partial charge in [-0.2, -0.15) is 0 Å². The maximum Gasteiger partial charge on any atom is 0.0836 e. The van der Waals surface area contributed by atoms with E-state index in [1.165, 1.54) is 32.1 Å². The van der Waals surface area contributed by atoms with Crippen LogP contribution in [-0.4, -0.2) is 25.9 Å². The lowest BCUT2D eigenvalue weighted by Crippen LogP contribution is -2.29. The van der Waals surface area contributed by atoms with Gasteiger partial charge < -0.3 is 9.47 Å². The molecular weight excluding hydrogens is 152 g/mol. The van der Waals surface area contributed by atoms with Crippen LogP contribution in [0.2, 0.25) is 0 Å². The van der Waals surface area contributed by atoms with Crippen molar-refractivity contribution in [1.82, 2.24) is 0 Å². The summed E-state index contributed by atoms with van der Waals surface area (Å²) in [5, 5.41) is 0. The Hall–Kier alpha value is -0.0800. The summed E-state index contributed by atoms with van der Waals surface area (Å²) in [4.78, 5) is 0. The van der Waals surface area contributed by atoms with E-state index in [4.69, 9.17) is 9.47 Å². The molecule has 0 amide bonds. The lowest BCUT2D eigenvalue weighted by molar-refractivity contribution is -0.0550. The van der Waals surface area contributed by atoms with Gasteiger partial charge in [-0.3, -0.25) is 0 Å². The van der Waals surface area contributed by atoms with Crippen LogP contribution < -0.4 is 0 Å². The molecule has 2 nitrogen and oxygen atoms in total. The van der Waals surface area contributed by atoms with Crippen molar-refractivity contribution in [3.05, 3.63) is 0 Å². The van der Waals surface area contributed by atoms with Crippen LogP contribution in [0.3, 0.4) is 0 Å². The molecular formula is C10H20O2. The van der Waals surface area contributed by atoms with E-state index in [2.05, 4.69) is 6.92 Å². The summed E-state index contributed by atoms with van der Waals surface area (Å²) in [7, 11) is 1.79. The Morgan fingerprint density at radius 1 is 1.08 bits per heavy atom. The standard InChI is InChI=1S/C10H20O2/c1-3-12-10-8-6-4-5-7-9(10)11-2/h9-10H,3-8H2,1-2H3. The highest BCUT2D eigenvalue weighted by molar-refractivity contribution is 4.74. The quantitative estimate of drug-likeness (QED) is 0.608. The van der Waals surface area contributed by atoms with Gasteiger partial charge in [-0.25, -0.2) is 0 Å². The van der Waals surface area contributed by atoms with Gasteiger partial charge in [0.2, 0.25) is 0 Å². The molecule has 0 N–H and O–H groups in total. The van der Waals surface area contributed by atoms with Gasteiger partial charge in [-0.1, -0.05) is 19.3 Å². The number of hydrogen-bond acceptors (Lipinski definition) is 2. The van der Waals surface area contributed by atoms with Gasteiger partial charge in [0.15, 0.2) is 0 Å². The third kappa shape index (κ3) is 2.76. The fourth-order valence-corrected chi connectivity index (χ4v) is 1.91. The van der Waals surface area contributed by atoms with Gasteiger partial charge in [0.25, 0.3) is 0 Å². The predicted molar refractivity (Wildman–Crippen MR) is 49.3 cm³/mol. The Kier molecular flexibility index (Phi) is 4.62. The van der Waals surface area contributed by atoms with Crippen LogP contribution in [-0.2, 0) is 9.47 Å². The van der Waals surface area contributed by atoms with E-state index >= 15 is 0 Å². The van der Waals surface area contributed by atoms with Crippen molar-refractivity contribution in [2.45, 2.75) is 51.2 Å². The van der Waals surface area contributed by atoms with Crippen molar-refractivity contribution in [3.8, 4) is 0 Å². The molecule has 72 valence electrons. The van der Waals surface area contributed by atoms with Crippen LogP contribution in [0.5, 0.6) is 0 Å². The van der Waals surface area contributed by atoms with Gasteiger partial charge in [0, 0.05) is 13.7 Å². The van der Waals surface area contributed by atoms with E-state index in [0.29, 0.717) is 12.2 Å². The molecule has 0 bridgehead atoms. The second-order valence-corrected chi connectivity index (χ2v) is 3.41. The first-order valence-corrected chi connectivity index (χ1v) is 5.03. The maximum absolute atomic E-state index is 5.64. The van der Waals surface area contributed by atoms with Crippen LogP contribution in [0.4, 0.5) is 0 Å². The zero-order valence-corrected chi connectivity index (χ0v) is 8.21. The Balaban J connectivity index is 2.39. The van der Waals surface area contributed by atoms with E-state index in [-0.39, 0.29) is 0 Å². The molecule has 1 fully saturated rings. The smallest absolute Gasteiger partial charge is 0.0836 e. The van der Waals surface area contributed by atoms with Crippen molar-refractivity contribution >= 4 is 0 Å². The molecule has 2 atom stereocenters. The molecule has 0 aromatic heterocycles. The monoisotopic (exact) mass is 172 g/mol. The molecule has 1 aliphatic rings. The molecule has 2 heteroatoms. The van der Waals surface area contributed by atoms with Gasteiger partial charge >= 0.3 is 0 Å². The molecule has 0 saturated heterocycles. The average Bonchev–Trinajstić information content (AvgIpc) is 2.30. The minimum absolute atomic E-state index is 0.340. The fraction of sp³-hybridized carbons (Fsp3) is 1.00. The lowest BCUT2D eigenvalue weighted by Gasteiger charge is -2.23. The number of methoxy groups -OCH3 is 1. The molecule has 0 aliphatic heterocycles. The van der Waals surface area contributed by atoms with Crippen molar-refractivity contribution in [1.29, 1.82) is 0 Å². The van der Waals surface area contributed by atoms with E-state index in [1.54, 1.807) is 7.11 Å². The minimum Gasteiger partial charge on any atom is -0.379 e. The molecule has 0 aromatic rings. The molecule has 1 aliphatic carbocycles. The topological polar surface area (TPSA) is 18.5 Å². The van der Waals surface area contributed by atoms with Crippen molar-refractivity contribution in [2.24, 2.45) is 0 Å². The van der Waals surface area contributed by atoms with Crippen LogP contribution in [0.15, 0.2) is 0 Å². The number of ether oxygens (including phenoxy) is 2. The normalized spacial score (nSPS) is 31.5. The second-order valence-electron chi connectivity index (χ2n) is 3.41. The Labute approximate surface area is 75.2 Å². The molecule has 1 rings (SSSR count). The third-order valence-corrected chi connectivity index (χ3v) is 2.58. The summed E-state index contributed by atoms with van der Waals surface area (Å²) >= 11 is 0. The molecule has 12 heavy (non-hydrogen) atoms. The van der Waals surface area contributed by atoms with E-state index in [0.717, 1.165) is 6.61 Å². The zero-order valence-electron chi connectivity index (χ0n) is 8.21. The SMILES string of the molecule is CCOC1CCCCCC1OC. The summed E-state index contributed by atoms with van der Waals surface area (Å²) < 4.78 is 11.1. The highest BCUT2D eigenvalue weighted by Gasteiger charge is 2.23. The van der Waals surface area contributed by atoms with Gasteiger partial charge in [0.1, 0.15) is 0 Å². The van der Waals surface area contributed by atoms with Crippen molar-refractivity contribution in [2.75, 3.05) is 13.7 Å². The van der Waals surface area contributed by atoms with Gasteiger partial charge in [-0.15, -0.1) is 0 Å². The van der Waals surface area contributed by atoms with Crippen LogP contribution in [0.1, 0.15) is 39.0 Å². The summed E-state index contributed by atoms with van der Waals surface area (Å²) in [5.41, 5.74) is 0. The van der Waals surface area contributed by atoms with Crippen LogP contribution in [0.25, 0.3) is 0 Å². The molecule has 0 spiro atoms. The van der Waals surface area contributed by atoms with Crippen molar-refractivity contribution in [3.63, 3.8) is 0 Å². The van der Waals surface area contributed by atoms with Crippen LogP contribution >= 0.6 is 0 Å². The first kappa shape index (κ1) is 10.0. The Bertz CT molecular complexity index is 114. The second kappa shape index (κ2) is 5.55. The van der Waals surface area contributed by atoms with Gasteiger partial charge in [-0.05, 0) is 19.8 Å². The maximum atomic E-state index is 5.64. The Morgan fingerprint density at radius 3 is 2.33 bits per heavy atom. The number of rotatable bonds is 3. The summed E-state index contributed by atoms with van der Waals surface area (Å²) in [6.07, 6.45) is 6.96. The first-order chi connectivity index (χ1) is 5.88. The first-order valence-electron chi connectivity index (χ1n) is 5.03. The van der Waals surface area contributed by atoms with E-state index in [1.807, 2.05) is 0 Å². The zero-order chi connectivity index (χ0) is 8.81. The molecule has 0 heterocycles. The predicted octanol–water partition coefficient (Wildman–Crippen LogP) is 2.37. The summed E-state index contributed by atoms with van der Waals surface area (Å²) in [6.45, 7) is 2.86. The van der Waals surface area contributed by atoms with Gasteiger partial charge in [0.05, 0.1) is 12.2 Å². The lowest BCUT2D eigenvalue weighted by atomic mass is 10.1. The largest absolute Gasteiger partial charge is 0.379 e. The average molecular weight is 172 g/mol. The Morgan fingerprint density at radius 2 is 1.75 bits per heavy atom. The summed E-state index contributed by atoms with van der Waals surface area (Å²) in [5.74, 6) is 0. The molecule has 2 unspecified atom stereocenters. The van der Waals surface area contributed by atoms with E-state index in [9.17, 15) is 0 Å². The van der Waals surface area contributed by atoms with E-state index < -0.39 is 0 Å². The summed E-state index contributed by atoms with van der Waals surface area (Å²) in [6, 6.07) is 0. The molecule has 1 saturated carbocycles. The van der Waals surface area contributed by atoms with Crippen LogP contribution in [0, 0.1) is 0 Å². The molecule has 0 radical (unpaired) electrons. The highest BCUT2D eigenvalue weighted by Crippen LogP contribution is 2.22. The molecule has 0 aromatic carbocycles. The fourth-order valence-electron chi connectivity index (χ4n) is 1.91. The number of hydrogen-bond donors (Lipinski definition) is 0.